The summed E-state index contributed by atoms with van der Waals surface area (Å²) < 4.78 is 36.2. The van der Waals surface area contributed by atoms with Crippen molar-refractivity contribution in [3.05, 3.63) is 54.1 Å². The first-order valence-corrected chi connectivity index (χ1v) is 6.72. The Morgan fingerprint density at radius 2 is 2.00 bits per heavy atom. The zero-order valence-corrected chi connectivity index (χ0v) is 11.8. The van der Waals surface area contributed by atoms with Crippen LogP contribution in [0.5, 0.6) is 0 Å². The highest BCUT2D eigenvalue weighted by Crippen LogP contribution is 2.17. The Hall–Kier alpha value is -3.03. The second-order valence-corrected chi connectivity index (χ2v) is 4.70. The van der Waals surface area contributed by atoms with Gasteiger partial charge in [-0.1, -0.05) is 5.16 Å². The van der Waals surface area contributed by atoms with Crippen molar-refractivity contribution in [1.29, 1.82) is 0 Å². The highest BCUT2D eigenvalue weighted by Gasteiger charge is 2.12. The molecule has 0 fully saturated rings. The van der Waals surface area contributed by atoms with Gasteiger partial charge in [0.15, 0.2) is 5.76 Å². The number of hydrogen-bond acceptors (Lipinski definition) is 5. The Labute approximate surface area is 129 Å². The molecular formula is C15H11F2N3O3. The van der Waals surface area contributed by atoms with Crippen LogP contribution in [0.3, 0.4) is 0 Å². The Kier molecular flexibility index (Phi) is 4.13. The third-order valence-corrected chi connectivity index (χ3v) is 2.92. The van der Waals surface area contributed by atoms with E-state index in [1.807, 2.05) is 0 Å². The van der Waals surface area contributed by atoms with Crippen molar-refractivity contribution in [1.82, 2.24) is 10.1 Å². The topological polar surface area (TPSA) is 81.2 Å². The Morgan fingerprint density at radius 1 is 1.22 bits per heavy atom. The average molecular weight is 319 g/mol. The van der Waals surface area contributed by atoms with Gasteiger partial charge in [0, 0.05) is 24.6 Å². The highest BCUT2D eigenvalue weighted by atomic mass is 19.1. The van der Waals surface area contributed by atoms with Gasteiger partial charge in [-0.3, -0.25) is 4.79 Å². The van der Waals surface area contributed by atoms with E-state index >= 15 is 0 Å². The number of furan rings is 1. The predicted molar refractivity (Wildman–Crippen MR) is 75.3 cm³/mol. The lowest BCUT2D eigenvalue weighted by Gasteiger charge is -2.04. The lowest BCUT2D eigenvalue weighted by molar-refractivity contribution is -0.116. The molecule has 0 spiro atoms. The molecule has 0 bridgehead atoms. The Bertz CT molecular complexity index is 795. The number of aryl methyl sites for hydroxylation is 1. The number of hydrogen-bond donors (Lipinski definition) is 1. The maximum absolute atomic E-state index is 13.0. The summed E-state index contributed by atoms with van der Waals surface area (Å²) in [5, 5.41) is 6.13. The van der Waals surface area contributed by atoms with Crippen LogP contribution in [0.4, 0.5) is 14.5 Å². The van der Waals surface area contributed by atoms with Gasteiger partial charge >= 0.3 is 0 Å². The molecule has 0 aliphatic heterocycles. The lowest BCUT2D eigenvalue weighted by Crippen LogP contribution is -2.12. The molecule has 0 atom stereocenters. The molecule has 0 aliphatic carbocycles. The summed E-state index contributed by atoms with van der Waals surface area (Å²) >= 11 is 0. The molecule has 0 unspecified atom stereocenters. The molecular weight excluding hydrogens is 308 g/mol. The van der Waals surface area contributed by atoms with Crippen molar-refractivity contribution >= 4 is 11.6 Å². The van der Waals surface area contributed by atoms with Crippen LogP contribution in [0.2, 0.25) is 0 Å². The number of anilines is 1. The van der Waals surface area contributed by atoms with Crippen LogP contribution >= 0.6 is 0 Å². The van der Waals surface area contributed by atoms with Gasteiger partial charge in [0.05, 0.1) is 6.26 Å². The van der Waals surface area contributed by atoms with Crippen molar-refractivity contribution in [2.75, 3.05) is 5.32 Å². The van der Waals surface area contributed by atoms with Gasteiger partial charge in [0.2, 0.25) is 17.6 Å². The maximum Gasteiger partial charge on any atom is 0.238 e. The first-order chi connectivity index (χ1) is 11.1. The lowest BCUT2D eigenvalue weighted by atomic mass is 10.2. The van der Waals surface area contributed by atoms with Crippen LogP contribution in [-0.4, -0.2) is 16.0 Å². The molecule has 118 valence electrons. The fourth-order valence-corrected chi connectivity index (χ4v) is 1.93. The Morgan fingerprint density at radius 3 is 2.70 bits per heavy atom. The quantitative estimate of drug-likeness (QED) is 0.781. The summed E-state index contributed by atoms with van der Waals surface area (Å²) in [6.45, 7) is 0. The van der Waals surface area contributed by atoms with Crippen molar-refractivity contribution < 1.29 is 22.5 Å². The van der Waals surface area contributed by atoms with E-state index in [0.29, 0.717) is 5.76 Å². The number of rotatable bonds is 5. The summed E-state index contributed by atoms with van der Waals surface area (Å²) in [5.74, 6) is -0.942. The number of nitrogens with zero attached hydrogens (tertiary/aromatic N) is 2. The van der Waals surface area contributed by atoms with Gasteiger partial charge in [-0.2, -0.15) is 4.98 Å². The van der Waals surface area contributed by atoms with Gasteiger partial charge in [-0.05, 0) is 24.3 Å². The zero-order valence-electron chi connectivity index (χ0n) is 11.8. The zero-order chi connectivity index (χ0) is 16.2. The number of nitrogens with one attached hydrogen (secondary N) is 1. The minimum Gasteiger partial charge on any atom is -0.461 e. The number of carbonyl (C=O) groups is 1. The molecule has 0 radical (unpaired) electrons. The third kappa shape index (κ3) is 3.79. The number of carbonyl (C=O) groups excluding carboxylic acids is 1. The molecule has 1 N–H and O–H groups in total. The van der Waals surface area contributed by atoms with Gasteiger partial charge in [0.1, 0.15) is 11.6 Å². The summed E-state index contributed by atoms with van der Waals surface area (Å²) in [7, 11) is 0. The van der Waals surface area contributed by atoms with Gasteiger partial charge in [-0.15, -0.1) is 0 Å². The summed E-state index contributed by atoms with van der Waals surface area (Å²) in [5.41, 5.74) is 0.0503. The number of benzene rings is 1. The highest BCUT2D eigenvalue weighted by molar-refractivity contribution is 5.90. The van der Waals surface area contributed by atoms with Gasteiger partial charge < -0.3 is 14.3 Å². The first kappa shape index (κ1) is 14.9. The van der Waals surface area contributed by atoms with Crippen molar-refractivity contribution in [2.45, 2.75) is 12.8 Å². The second-order valence-electron chi connectivity index (χ2n) is 4.70. The van der Waals surface area contributed by atoms with Gasteiger partial charge in [0.25, 0.3) is 0 Å². The molecule has 8 heteroatoms. The Balaban J connectivity index is 1.57. The van der Waals surface area contributed by atoms with Crippen LogP contribution in [-0.2, 0) is 11.2 Å². The first-order valence-electron chi connectivity index (χ1n) is 6.72. The van der Waals surface area contributed by atoms with E-state index in [2.05, 4.69) is 15.5 Å². The molecule has 1 amide bonds. The molecule has 23 heavy (non-hydrogen) atoms. The van der Waals surface area contributed by atoms with Crippen molar-refractivity contribution in [3.8, 4) is 11.6 Å². The van der Waals surface area contributed by atoms with E-state index in [1.54, 1.807) is 12.1 Å². The number of amides is 1. The molecule has 6 nitrogen and oxygen atoms in total. The van der Waals surface area contributed by atoms with Crippen LogP contribution in [0.1, 0.15) is 12.3 Å². The smallest absolute Gasteiger partial charge is 0.238 e. The molecule has 1 aromatic carbocycles. The van der Waals surface area contributed by atoms with E-state index in [0.717, 1.165) is 18.2 Å². The van der Waals surface area contributed by atoms with Gasteiger partial charge in [-0.25, -0.2) is 8.78 Å². The SMILES string of the molecule is O=C(CCc1nc(-c2ccco2)no1)Nc1cc(F)cc(F)c1. The van der Waals surface area contributed by atoms with E-state index in [-0.39, 0.29) is 30.2 Å². The molecule has 0 saturated heterocycles. The van der Waals surface area contributed by atoms with E-state index < -0.39 is 17.5 Å². The minimum absolute atomic E-state index is 0.0257. The second kappa shape index (κ2) is 6.39. The molecule has 2 heterocycles. The number of aromatic nitrogens is 2. The van der Waals surface area contributed by atoms with Crippen LogP contribution < -0.4 is 5.32 Å². The molecule has 3 aromatic rings. The van der Waals surface area contributed by atoms with E-state index in [4.69, 9.17) is 8.94 Å². The number of halogens is 2. The summed E-state index contributed by atoms with van der Waals surface area (Å²) in [4.78, 5) is 15.9. The van der Waals surface area contributed by atoms with Crippen LogP contribution in [0, 0.1) is 11.6 Å². The summed E-state index contributed by atoms with van der Waals surface area (Å²) in [6, 6.07) is 6.16. The molecule has 0 aliphatic rings. The normalized spacial score (nSPS) is 10.7. The van der Waals surface area contributed by atoms with E-state index in [1.165, 1.54) is 6.26 Å². The monoisotopic (exact) mass is 319 g/mol. The molecule has 2 aromatic heterocycles. The average Bonchev–Trinajstić information content (AvgIpc) is 3.15. The standard InChI is InChI=1S/C15H11F2N3O3/c16-9-6-10(17)8-11(7-9)18-13(21)3-4-14-19-15(20-23-14)12-2-1-5-22-12/h1-2,5-8H,3-4H2,(H,18,21). The fraction of sp³-hybridized carbons (Fsp3) is 0.133. The largest absolute Gasteiger partial charge is 0.461 e. The molecule has 3 rings (SSSR count). The van der Waals surface area contributed by atoms with Crippen molar-refractivity contribution in [2.24, 2.45) is 0 Å². The van der Waals surface area contributed by atoms with E-state index in [9.17, 15) is 13.6 Å². The van der Waals surface area contributed by atoms with Crippen LogP contribution in [0.15, 0.2) is 45.5 Å². The predicted octanol–water partition coefficient (Wildman–Crippen LogP) is 3.18. The van der Waals surface area contributed by atoms with Crippen LogP contribution in [0.25, 0.3) is 11.6 Å². The fourth-order valence-electron chi connectivity index (χ4n) is 1.93. The summed E-state index contributed by atoms with van der Waals surface area (Å²) in [6.07, 6.45) is 1.70. The maximum atomic E-state index is 13.0. The minimum atomic E-state index is -0.764. The third-order valence-electron chi connectivity index (χ3n) is 2.92. The molecule has 0 saturated carbocycles. The van der Waals surface area contributed by atoms with Crippen molar-refractivity contribution in [3.63, 3.8) is 0 Å².